The highest BCUT2D eigenvalue weighted by molar-refractivity contribution is 7.99. The second-order valence-electron chi connectivity index (χ2n) is 4.49. The van der Waals surface area contributed by atoms with E-state index in [4.69, 9.17) is 0 Å². The third kappa shape index (κ3) is 3.19. The van der Waals surface area contributed by atoms with Crippen LogP contribution in [-0.4, -0.2) is 50.2 Å². The van der Waals surface area contributed by atoms with Gasteiger partial charge in [-0.1, -0.05) is 0 Å². The van der Waals surface area contributed by atoms with Gasteiger partial charge in [0.1, 0.15) is 12.1 Å². The lowest BCUT2D eigenvalue weighted by atomic mass is 10.2. The summed E-state index contributed by atoms with van der Waals surface area (Å²) in [6, 6.07) is 4.01. The van der Waals surface area contributed by atoms with E-state index >= 15 is 0 Å². The lowest BCUT2D eigenvalue weighted by molar-refractivity contribution is -0.117. The van der Waals surface area contributed by atoms with Crippen molar-refractivity contribution in [3.8, 4) is 5.69 Å². The first-order valence-corrected chi connectivity index (χ1v) is 7.54. The quantitative estimate of drug-likeness (QED) is 0.856. The Balaban J connectivity index is 1.78. The normalized spacial score (nSPS) is 18.4. The molecule has 110 valence electrons. The van der Waals surface area contributed by atoms with Crippen molar-refractivity contribution in [3.05, 3.63) is 30.3 Å². The van der Waals surface area contributed by atoms with E-state index in [2.05, 4.69) is 26.2 Å². The number of aromatic nitrogens is 4. The van der Waals surface area contributed by atoms with Gasteiger partial charge in [0.2, 0.25) is 5.91 Å². The molecule has 3 rings (SSSR count). The monoisotopic (exact) mass is 308 g/mol. The zero-order chi connectivity index (χ0) is 14.7. The molecule has 1 atom stereocenters. The van der Waals surface area contributed by atoms with E-state index in [-0.39, 0.29) is 17.6 Å². The van der Waals surface area contributed by atoms with Crippen molar-refractivity contribution in [2.75, 3.05) is 23.4 Å². The van der Waals surface area contributed by atoms with Crippen LogP contribution in [-0.2, 0) is 4.79 Å². The Kier molecular flexibility index (Phi) is 4.11. The van der Waals surface area contributed by atoms with Crippen molar-refractivity contribution in [2.24, 2.45) is 0 Å². The minimum atomic E-state index is -0.497. The van der Waals surface area contributed by atoms with Gasteiger partial charge in [0.05, 0.1) is 17.4 Å². The zero-order valence-electron chi connectivity index (χ0n) is 11.0. The summed E-state index contributed by atoms with van der Waals surface area (Å²) in [4.78, 5) is 12.1. The predicted molar refractivity (Wildman–Crippen MR) is 76.9 cm³/mol. The SMILES string of the molecule is O=C(Nc1cc(-n2cnnn2)ccc1F)C1CSCCN1. The maximum Gasteiger partial charge on any atom is 0.242 e. The number of carbonyl (C=O) groups excluding carboxylic acids is 1. The first-order valence-electron chi connectivity index (χ1n) is 6.39. The number of thioether (sulfide) groups is 1. The standard InChI is InChI=1S/C12H13FN6OS/c13-9-2-1-8(19-7-15-17-18-19)5-10(9)16-12(20)11-6-21-4-3-14-11/h1-2,5,7,11,14H,3-4,6H2,(H,16,20). The average Bonchev–Trinajstić information content (AvgIpc) is 3.04. The summed E-state index contributed by atoms with van der Waals surface area (Å²) >= 11 is 1.70. The van der Waals surface area contributed by atoms with Crippen molar-refractivity contribution in [1.29, 1.82) is 0 Å². The fourth-order valence-corrected chi connectivity index (χ4v) is 2.92. The highest BCUT2D eigenvalue weighted by Gasteiger charge is 2.21. The molecule has 9 heteroatoms. The van der Waals surface area contributed by atoms with E-state index in [1.807, 2.05) is 0 Å². The van der Waals surface area contributed by atoms with Crippen LogP contribution in [0.25, 0.3) is 5.69 Å². The topological polar surface area (TPSA) is 84.7 Å². The third-order valence-electron chi connectivity index (χ3n) is 3.06. The van der Waals surface area contributed by atoms with Crippen molar-refractivity contribution >= 4 is 23.4 Å². The molecular weight excluding hydrogens is 295 g/mol. The molecule has 1 unspecified atom stereocenters. The number of halogens is 1. The van der Waals surface area contributed by atoms with E-state index in [1.165, 1.54) is 29.2 Å². The summed E-state index contributed by atoms with van der Waals surface area (Å²) in [7, 11) is 0. The van der Waals surface area contributed by atoms with E-state index in [1.54, 1.807) is 11.8 Å². The van der Waals surface area contributed by atoms with Crippen LogP contribution in [0, 0.1) is 5.82 Å². The molecule has 2 N–H and O–H groups in total. The Morgan fingerprint density at radius 1 is 1.52 bits per heavy atom. The molecule has 1 aromatic heterocycles. The lowest BCUT2D eigenvalue weighted by Gasteiger charge is -2.22. The number of tetrazole rings is 1. The molecule has 1 aliphatic rings. The van der Waals surface area contributed by atoms with Gasteiger partial charge in [0, 0.05) is 18.1 Å². The van der Waals surface area contributed by atoms with Gasteiger partial charge >= 0.3 is 0 Å². The number of nitrogens with zero attached hydrogens (tertiary/aromatic N) is 4. The number of amides is 1. The molecule has 0 aliphatic carbocycles. The smallest absolute Gasteiger partial charge is 0.242 e. The number of hydrogen-bond acceptors (Lipinski definition) is 6. The largest absolute Gasteiger partial charge is 0.322 e. The van der Waals surface area contributed by atoms with Gasteiger partial charge in [0.25, 0.3) is 0 Å². The number of nitrogens with one attached hydrogen (secondary N) is 2. The first kappa shape index (κ1) is 14.0. The van der Waals surface area contributed by atoms with Crippen LogP contribution < -0.4 is 10.6 Å². The second-order valence-corrected chi connectivity index (χ2v) is 5.64. The van der Waals surface area contributed by atoms with Crippen molar-refractivity contribution in [3.63, 3.8) is 0 Å². The summed E-state index contributed by atoms with van der Waals surface area (Å²) in [5, 5.41) is 16.5. The lowest BCUT2D eigenvalue weighted by Crippen LogP contribution is -2.46. The van der Waals surface area contributed by atoms with E-state index in [9.17, 15) is 9.18 Å². The molecule has 0 radical (unpaired) electrons. The van der Waals surface area contributed by atoms with Gasteiger partial charge in [-0.25, -0.2) is 9.07 Å². The average molecular weight is 308 g/mol. The molecule has 2 aromatic rings. The molecule has 7 nitrogen and oxygen atoms in total. The van der Waals surface area contributed by atoms with Crippen LogP contribution in [0.3, 0.4) is 0 Å². The minimum absolute atomic E-state index is 0.116. The Morgan fingerprint density at radius 3 is 3.14 bits per heavy atom. The van der Waals surface area contributed by atoms with Gasteiger partial charge in [-0.2, -0.15) is 11.8 Å². The van der Waals surface area contributed by atoms with E-state index < -0.39 is 5.82 Å². The number of carbonyl (C=O) groups is 1. The van der Waals surface area contributed by atoms with Gasteiger partial charge in [0.15, 0.2) is 0 Å². The van der Waals surface area contributed by atoms with E-state index in [0.717, 1.165) is 12.3 Å². The third-order valence-corrected chi connectivity index (χ3v) is 4.12. The van der Waals surface area contributed by atoms with E-state index in [0.29, 0.717) is 11.4 Å². The fraction of sp³-hybridized carbons (Fsp3) is 0.333. The van der Waals surface area contributed by atoms with Crippen molar-refractivity contribution < 1.29 is 9.18 Å². The van der Waals surface area contributed by atoms with Crippen LogP contribution in [0.1, 0.15) is 0 Å². The number of benzene rings is 1. The van der Waals surface area contributed by atoms with Crippen LogP contribution in [0.15, 0.2) is 24.5 Å². The highest BCUT2D eigenvalue weighted by Crippen LogP contribution is 2.19. The fourth-order valence-electron chi connectivity index (χ4n) is 1.98. The predicted octanol–water partition coefficient (Wildman–Crippen LogP) is 0.445. The van der Waals surface area contributed by atoms with Crippen molar-refractivity contribution in [1.82, 2.24) is 25.5 Å². The van der Waals surface area contributed by atoms with Gasteiger partial charge < -0.3 is 10.6 Å². The molecule has 1 fully saturated rings. The Morgan fingerprint density at radius 2 is 2.43 bits per heavy atom. The molecule has 1 aromatic carbocycles. The highest BCUT2D eigenvalue weighted by atomic mass is 32.2. The van der Waals surface area contributed by atoms with Crippen LogP contribution >= 0.6 is 11.8 Å². The summed E-state index contributed by atoms with van der Waals surface area (Å²) in [5.74, 6) is 0.922. The van der Waals surface area contributed by atoms with Crippen LogP contribution in [0.5, 0.6) is 0 Å². The summed E-state index contributed by atoms with van der Waals surface area (Å²) in [5.41, 5.74) is 0.688. The number of rotatable bonds is 3. The summed E-state index contributed by atoms with van der Waals surface area (Å²) < 4.78 is 15.2. The Labute approximate surface area is 124 Å². The molecular formula is C12H13FN6OS. The zero-order valence-corrected chi connectivity index (χ0v) is 11.8. The summed E-state index contributed by atoms with van der Waals surface area (Å²) in [6.07, 6.45) is 1.40. The number of anilines is 1. The van der Waals surface area contributed by atoms with Crippen molar-refractivity contribution in [2.45, 2.75) is 6.04 Å². The molecule has 0 bridgehead atoms. The maximum absolute atomic E-state index is 13.8. The Bertz CT molecular complexity index is 629. The first-order chi connectivity index (χ1) is 10.2. The maximum atomic E-state index is 13.8. The molecule has 0 spiro atoms. The molecule has 1 aliphatic heterocycles. The number of hydrogen-bond donors (Lipinski definition) is 2. The van der Waals surface area contributed by atoms with Gasteiger partial charge in [-0.15, -0.1) is 5.10 Å². The molecule has 1 saturated heterocycles. The molecule has 2 heterocycles. The minimum Gasteiger partial charge on any atom is -0.322 e. The summed E-state index contributed by atoms with van der Waals surface area (Å²) in [6.45, 7) is 0.774. The molecule has 1 amide bonds. The van der Waals surface area contributed by atoms with Gasteiger partial charge in [-0.3, -0.25) is 4.79 Å². The van der Waals surface area contributed by atoms with Gasteiger partial charge in [-0.05, 0) is 28.6 Å². The van der Waals surface area contributed by atoms with Crippen LogP contribution in [0.4, 0.5) is 10.1 Å². The molecule has 0 saturated carbocycles. The van der Waals surface area contributed by atoms with Crippen LogP contribution in [0.2, 0.25) is 0 Å². The molecule has 21 heavy (non-hydrogen) atoms. The second kappa shape index (κ2) is 6.19. The Hall–Kier alpha value is -2.00.